The van der Waals surface area contributed by atoms with E-state index in [2.05, 4.69) is 10.0 Å². The average Bonchev–Trinajstić information content (AvgIpc) is 2.60. The molecule has 2 rings (SSSR count). The minimum absolute atomic E-state index is 0.000335. The predicted molar refractivity (Wildman–Crippen MR) is 94.3 cm³/mol. The Morgan fingerprint density at radius 3 is 2.40 bits per heavy atom. The fourth-order valence-electron chi connectivity index (χ4n) is 2.19. The molecular weight excluding hydrogens is 344 g/mol. The van der Waals surface area contributed by atoms with Crippen LogP contribution in [0.5, 0.6) is 0 Å². The summed E-state index contributed by atoms with van der Waals surface area (Å²) in [7, 11) is -4.40. The summed E-state index contributed by atoms with van der Waals surface area (Å²) in [6, 6.07) is 12.5. The molecule has 1 atom stereocenters. The van der Waals surface area contributed by atoms with Crippen molar-refractivity contribution in [2.45, 2.75) is 19.8 Å². The Hall–Kier alpha value is -2.46. The molecule has 0 radical (unpaired) electrons. The Balaban J connectivity index is 1.86. The first-order chi connectivity index (χ1) is 11.9. The van der Waals surface area contributed by atoms with E-state index >= 15 is 0 Å². The molecule has 0 aliphatic carbocycles. The molecule has 130 valence electrons. The first-order valence-corrected chi connectivity index (χ1v) is 9.14. The molecule has 1 unspecified atom stereocenters. The van der Waals surface area contributed by atoms with Crippen LogP contribution in [0.2, 0.25) is 0 Å². The normalized spacial score (nSPS) is 12.9. The smallest absolute Gasteiger partial charge is 0.302 e. The van der Waals surface area contributed by atoms with Gasteiger partial charge in [0.1, 0.15) is 0 Å². The van der Waals surface area contributed by atoms with Gasteiger partial charge in [0.2, 0.25) is 0 Å². The number of Topliss-reactive ketones (excluding diaryl/α,β-unsaturated/α-hetero) is 1. The van der Waals surface area contributed by atoms with Crippen LogP contribution < -0.4 is 5.30 Å². The van der Waals surface area contributed by atoms with Gasteiger partial charge in [0.25, 0.3) is 0 Å². The van der Waals surface area contributed by atoms with Crippen LogP contribution in [0.3, 0.4) is 0 Å². The van der Waals surface area contributed by atoms with Crippen molar-refractivity contribution in [2.24, 2.45) is 5.11 Å². The van der Waals surface area contributed by atoms with Crippen LogP contribution in [0, 0.1) is 0 Å². The molecule has 0 aliphatic heterocycles. The van der Waals surface area contributed by atoms with Gasteiger partial charge in [0, 0.05) is 16.2 Å². The van der Waals surface area contributed by atoms with Crippen LogP contribution in [0.1, 0.15) is 29.3 Å². The molecule has 0 aliphatic rings. The maximum absolute atomic E-state index is 14.2. The van der Waals surface area contributed by atoms with E-state index in [1.165, 1.54) is 31.2 Å². The Morgan fingerprint density at radius 1 is 1.20 bits per heavy atom. The molecule has 0 bridgehead atoms. The largest absolute Gasteiger partial charge is 0.397 e. The number of halogens is 1. The van der Waals surface area contributed by atoms with E-state index in [0.717, 1.165) is 5.56 Å². The molecule has 0 fully saturated rings. The van der Waals surface area contributed by atoms with Crippen LogP contribution >= 0.6 is 7.68 Å². The Morgan fingerprint density at radius 2 is 1.84 bits per heavy atom. The lowest BCUT2D eigenvalue weighted by Crippen LogP contribution is -2.06. The number of nitrogens with zero attached hydrogens (tertiary/aromatic N) is 3. The van der Waals surface area contributed by atoms with Gasteiger partial charge >= 0.3 is 7.68 Å². The van der Waals surface area contributed by atoms with Crippen molar-refractivity contribution in [3.8, 4) is 0 Å². The second kappa shape index (κ2) is 8.58. The van der Waals surface area contributed by atoms with E-state index in [9.17, 15) is 13.6 Å². The Labute approximate surface area is 144 Å². The third kappa shape index (κ3) is 5.54. The standard InChI is InChI=1S/C17H17FN3O3P/c1-13(22)15-6-10-17(11-7-15)25(18,23)24-12-2-3-14-4-8-16(9-5-14)20-21-19/h4-11H,2-3,12H2,1H3. The van der Waals surface area contributed by atoms with Crippen molar-refractivity contribution in [3.05, 3.63) is 70.1 Å². The fourth-order valence-corrected chi connectivity index (χ4v) is 3.21. The first kappa shape index (κ1) is 18.9. The molecule has 0 amide bonds. The molecule has 0 aromatic heterocycles. The summed E-state index contributed by atoms with van der Waals surface area (Å²) in [6.07, 6.45) is 1.10. The number of ketones is 1. The number of hydrogen-bond acceptors (Lipinski definition) is 4. The van der Waals surface area contributed by atoms with Crippen molar-refractivity contribution >= 4 is 24.5 Å². The van der Waals surface area contributed by atoms with Crippen molar-refractivity contribution in [1.82, 2.24) is 0 Å². The zero-order chi connectivity index (χ0) is 18.3. The van der Waals surface area contributed by atoms with Gasteiger partial charge in [-0.25, -0.2) is 4.57 Å². The summed E-state index contributed by atoms with van der Waals surface area (Å²) in [6.45, 7) is 1.40. The number of benzene rings is 2. The lowest BCUT2D eigenvalue weighted by Gasteiger charge is -2.10. The molecule has 0 N–H and O–H groups in total. The van der Waals surface area contributed by atoms with Gasteiger partial charge in [-0.05, 0) is 43.0 Å². The van der Waals surface area contributed by atoms with E-state index in [4.69, 9.17) is 10.1 Å². The highest BCUT2D eigenvalue weighted by Crippen LogP contribution is 2.47. The molecule has 0 spiro atoms. The minimum atomic E-state index is -4.40. The number of rotatable bonds is 8. The van der Waals surface area contributed by atoms with Gasteiger partial charge in [0.15, 0.2) is 5.78 Å². The van der Waals surface area contributed by atoms with Gasteiger partial charge < -0.3 is 4.52 Å². The number of carbonyl (C=O) groups is 1. The van der Waals surface area contributed by atoms with Crippen LogP contribution in [-0.4, -0.2) is 12.4 Å². The number of hydrogen-bond donors (Lipinski definition) is 0. The summed E-state index contributed by atoms with van der Waals surface area (Å²) in [5.41, 5.74) is 10.3. The van der Waals surface area contributed by atoms with Crippen LogP contribution in [0.15, 0.2) is 53.6 Å². The Kier molecular flexibility index (Phi) is 6.48. The molecule has 0 heterocycles. The average molecular weight is 361 g/mol. The molecule has 0 saturated carbocycles. The van der Waals surface area contributed by atoms with Gasteiger partial charge in [-0.1, -0.05) is 41.5 Å². The zero-order valence-corrected chi connectivity index (χ0v) is 14.5. The highest BCUT2D eigenvalue weighted by molar-refractivity contribution is 7.61. The molecular formula is C17H17FN3O3P. The summed E-state index contributed by atoms with van der Waals surface area (Å²) < 4.78 is 31.2. The second-order valence-electron chi connectivity index (χ2n) is 5.38. The number of aryl methyl sites for hydroxylation is 1. The third-order valence-corrected chi connectivity index (χ3v) is 4.98. The second-order valence-corrected chi connectivity index (χ2v) is 7.11. The van der Waals surface area contributed by atoms with Crippen LogP contribution in [-0.2, 0) is 15.5 Å². The quantitative estimate of drug-likeness (QED) is 0.160. The third-order valence-electron chi connectivity index (χ3n) is 3.55. The summed E-state index contributed by atoms with van der Waals surface area (Å²) >= 11 is 0. The van der Waals surface area contributed by atoms with Crippen molar-refractivity contribution in [2.75, 3.05) is 6.61 Å². The summed E-state index contributed by atoms with van der Waals surface area (Å²) in [4.78, 5) is 13.9. The highest BCUT2D eigenvalue weighted by Gasteiger charge is 2.25. The van der Waals surface area contributed by atoms with Gasteiger partial charge in [0.05, 0.1) is 11.9 Å². The highest BCUT2D eigenvalue weighted by atomic mass is 31.2. The van der Waals surface area contributed by atoms with E-state index < -0.39 is 7.68 Å². The Bertz CT molecular complexity index is 831. The van der Waals surface area contributed by atoms with Crippen molar-refractivity contribution in [3.63, 3.8) is 0 Å². The van der Waals surface area contributed by atoms with E-state index in [1.807, 2.05) is 0 Å². The van der Waals surface area contributed by atoms with Crippen molar-refractivity contribution < 1.29 is 18.1 Å². The summed E-state index contributed by atoms with van der Waals surface area (Å²) in [5, 5.41) is 3.42. The number of azide groups is 1. The minimum Gasteiger partial charge on any atom is -0.302 e. The predicted octanol–water partition coefficient (Wildman–Crippen LogP) is 5.27. The van der Waals surface area contributed by atoms with Gasteiger partial charge in [-0.15, -0.1) is 0 Å². The van der Waals surface area contributed by atoms with Crippen LogP contribution in [0.4, 0.5) is 9.88 Å². The van der Waals surface area contributed by atoms with Gasteiger partial charge in [-0.2, -0.15) is 4.20 Å². The molecule has 25 heavy (non-hydrogen) atoms. The molecule has 6 nitrogen and oxygen atoms in total. The van der Waals surface area contributed by atoms with Crippen molar-refractivity contribution in [1.29, 1.82) is 0 Å². The van der Waals surface area contributed by atoms with E-state index in [-0.39, 0.29) is 17.7 Å². The maximum Gasteiger partial charge on any atom is 0.397 e. The first-order valence-electron chi connectivity index (χ1n) is 7.62. The molecule has 0 saturated heterocycles. The molecule has 2 aromatic rings. The monoisotopic (exact) mass is 361 g/mol. The SMILES string of the molecule is CC(=O)c1ccc(P(=O)(F)OCCCc2ccc(N=[N+]=[N-])cc2)cc1. The fraction of sp³-hybridized carbons (Fsp3) is 0.235. The van der Waals surface area contributed by atoms with E-state index in [1.54, 1.807) is 24.3 Å². The summed E-state index contributed by atoms with van der Waals surface area (Å²) in [5.74, 6) is -0.146. The van der Waals surface area contributed by atoms with Crippen LogP contribution in [0.25, 0.3) is 10.4 Å². The maximum atomic E-state index is 14.2. The lowest BCUT2D eigenvalue weighted by molar-refractivity contribution is 0.101. The molecule has 2 aromatic carbocycles. The topological polar surface area (TPSA) is 92.1 Å². The molecule has 8 heteroatoms. The van der Waals surface area contributed by atoms with Gasteiger partial charge in [-0.3, -0.25) is 4.79 Å². The number of carbonyl (C=O) groups excluding carboxylic acids is 1. The zero-order valence-electron chi connectivity index (χ0n) is 13.6. The van der Waals surface area contributed by atoms with E-state index in [0.29, 0.717) is 24.1 Å². The lowest BCUT2D eigenvalue weighted by atomic mass is 10.1.